The Morgan fingerprint density at radius 2 is 1.65 bits per heavy atom. The second-order valence-electron chi connectivity index (χ2n) is 7.70. The van der Waals surface area contributed by atoms with Gasteiger partial charge in [-0.2, -0.15) is 0 Å². The zero-order valence-electron chi connectivity index (χ0n) is 17.0. The molecule has 3 aromatic carbocycles. The molecule has 0 spiro atoms. The number of alkyl carbamates (subject to hydrolysis) is 1. The van der Waals surface area contributed by atoms with Crippen LogP contribution in [0.2, 0.25) is 0 Å². The Hall–Kier alpha value is -3.67. The van der Waals surface area contributed by atoms with Crippen LogP contribution in [0, 0.1) is 12.7 Å². The van der Waals surface area contributed by atoms with Crippen molar-refractivity contribution in [2.75, 3.05) is 6.61 Å². The minimum Gasteiger partial charge on any atom is -0.480 e. The molecule has 3 aromatic rings. The number of amides is 1. The second-order valence-corrected chi connectivity index (χ2v) is 7.70. The van der Waals surface area contributed by atoms with Crippen LogP contribution in [0.25, 0.3) is 11.1 Å². The minimum absolute atomic E-state index is 0.0435. The molecule has 0 saturated carbocycles. The molecule has 4 rings (SSSR count). The molecule has 31 heavy (non-hydrogen) atoms. The van der Waals surface area contributed by atoms with E-state index in [0.717, 1.165) is 22.3 Å². The third kappa shape index (κ3) is 4.43. The quantitative estimate of drug-likeness (QED) is 0.609. The smallest absolute Gasteiger partial charge is 0.407 e. The molecule has 1 amide bonds. The maximum absolute atomic E-state index is 13.6. The summed E-state index contributed by atoms with van der Waals surface area (Å²) in [4.78, 5) is 24.0. The lowest BCUT2D eigenvalue weighted by Crippen LogP contribution is -2.43. The highest BCUT2D eigenvalue weighted by atomic mass is 19.1. The van der Waals surface area contributed by atoms with Crippen LogP contribution < -0.4 is 5.32 Å². The lowest BCUT2D eigenvalue weighted by atomic mass is 9.98. The molecule has 0 unspecified atom stereocenters. The van der Waals surface area contributed by atoms with E-state index in [2.05, 4.69) is 5.32 Å². The molecule has 6 heteroatoms. The van der Waals surface area contributed by atoms with Crippen LogP contribution in [0.4, 0.5) is 9.18 Å². The number of fused-ring (bicyclic) bond motifs is 3. The molecular weight excluding hydrogens is 397 g/mol. The van der Waals surface area contributed by atoms with E-state index < -0.39 is 23.9 Å². The summed E-state index contributed by atoms with van der Waals surface area (Å²) in [6.45, 7) is 1.81. The first-order valence-electron chi connectivity index (χ1n) is 10.0. The SMILES string of the molecule is Cc1cc(F)cc(C[C@@H](NC(=O)OCC2c3ccccc3-c3ccccc32)C(=O)O)c1. The van der Waals surface area contributed by atoms with E-state index in [4.69, 9.17) is 4.74 Å². The summed E-state index contributed by atoms with van der Waals surface area (Å²) in [5, 5.41) is 11.9. The van der Waals surface area contributed by atoms with Crippen molar-refractivity contribution in [3.63, 3.8) is 0 Å². The third-order valence-corrected chi connectivity index (χ3v) is 5.48. The van der Waals surface area contributed by atoms with Gasteiger partial charge in [-0.25, -0.2) is 14.0 Å². The maximum Gasteiger partial charge on any atom is 0.407 e. The second kappa shape index (κ2) is 8.60. The number of ether oxygens (including phenoxy) is 1. The largest absolute Gasteiger partial charge is 0.480 e. The van der Waals surface area contributed by atoms with Crippen LogP contribution in [0.15, 0.2) is 66.7 Å². The molecule has 0 aromatic heterocycles. The number of nitrogens with one attached hydrogen (secondary N) is 1. The van der Waals surface area contributed by atoms with E-state index in [-0.39, 0.29) is 18.9 Å². The summed E-state index contributed by atoms with van der Waals surface area (Å²) >= 11 is 0. The van der Waals surface area contributed by atoms with Crippen molar-refractivity contribution in [3.8, 4) is 11.1 Å². The van der Waals surface area contributed by atoms with Crippen LogP contribution in [0.1, 0.15) is 28.2 Å². The molecule has 1 atom stereocenters. The molecule has 0 fully saturated rings. The van der Waals surface area contributed by atoms with Crippen LogP contribution in [-0.2, 0) is 16.0 Å². The van der Waals surface area contributed by atoms with Gasteiger partial charge in [0, 0.05) is 12.3 Å². The van der Waals surface area contributed by atoms with Crippen molar-refractivity contribution >= 4 is 12.1 Å². The van der Waals surface area contributed by atoms with Gasteiger partial charge in [-0.3, -0.25) is 0 Å². The number of rotatable bonds is 6. The van der Waals surface area contributed by atoms with Gasteiger partial charge in [-0.1, -0.05) is 54.6 Å². The van der Waals surface area contributed by atoms with Crippen molar-refractivity contribution in [2.24, 2.45) is 0 Å². The summed E-state index contributed by atoms with van der Waals surface area (Å²) in [6, 6.07) is 19.0. The highest BCUT2D eigenvalue weighted by molar-refractivity contribution is 5.81. The van der Waals surface area contributed by atoms with Crippen LogP contribution in [-0.4, -0.2) is 29.8 Å². The molecule has 5 nitrogen and oxygen atoms in total. The van der Waals surface area contributed by atoms with Crippen LogP contribution in [0.3, 0.4) is 0 Å². The van der Waals surface area contributed by atoms with Crippen molar-refractivity contribution in [1.29, 1.82) is 0 Å². The number of aryl methyl sites for hydroxylation is 1. The van der Waals surface area contributed by atoms with Crippen LogP contribution in [0.5, 0.6) is 0 Å². The first-order chi connectivity index (χ1) is 14.9. The van der Waals surface area contributed by atoms with E-state index in [9.17, 15) is 19.1 Å². The molecule has 1 aliphatic carbocycles. The molecule has 0 bridgehead atoms. The lowest BCUT2D eigenvalue weighted by Gasteiger charge is -2.18. The topological polar surface area (TPSA) is 75.6 Å². The van der Waals surface area contributed by atoms with E-state index in [1.165, 1.54) is 12.1 Å². The normalized spacial score (nSPS) is 13.2. The summed E-state index contributed by atoms with van der Waals surface area (Å²) in [5.41, 5.74) is 5.53. The average molecular weight is 419 g/mol. The average Bonchev–Trinajstić information content (AvgIpc) is 3.05. The zero-order valence-corrected chi connectivity index (χ0v) is 17.0. The van der Waals surface area contributed by atoms with E-state index >= 15 is 0 Å². The molecule has 0 heterocycles. The van der Waals surface area contributed by atoms with Crippen molar-refractivity contribution in [2.45, 2.75) is 25.3 Å². The number of carbonyl (C=O) groups is 2. The first kappa shape index (κ1) is 20.6. The van der Waals surface area contributed by atoms with Gasteiger partial charge >= 0.3 is 12.1 Å². The Balaban J connectivity index is 1.44. The standard InChI is InChI=1S/C25H22FNO4/c1-15-10-16(12-17(26)11-15)13-23(24(28)29)27-25(30)31-14-22-20-8-4-2-6-18(20)19-7-3-5-9-21(19)22/h2-12,22-23H,13-14H2,1H3,(H,27,30)(H,28,29)/t23-/m1/s1. The molecule has 0 saturated heterocycles. The Morgan fingerprint density at radius 3 is 2.23 bits per heavy atom. The summed E-state index contributed by atoms with van der Waals surface area (Å²) in [7, 11) is 0. The Labute approximate surface area is 179 Å². The highest BCUT2D eigenvalue weighted by Gasteiger charge is 2.29. The van der Waals surface area contributed by atoms with Gasteiger partial charge in [-0.05, 0) is 52.4 Å². The van der Waals surface area contributed by atoms with Gasteiger partial charge in [0.05, 0.1) is 0 Å². The first-order valence-corrected chi connectivity index (χ1v) is 10.0. The summed E-state index contributed by atoms with van der Waals surface area (Å²) in [6.07, 6.45) is -0.861. The van der Waals surface area contributed by atoms with Gasteiger partial charge in [0.15, 0.2) is 0 Å². The molecule has 0 aliphatic heterocycles. The Bertz CT molecular complexity index is 1080. The van der Waals surface area contributed by atoms with E-state index in [1.54, 1.807) is 13.0 Å². The third-order valence-electron chi connectivity index (χ3n) is 5.48. The zero-order chi connectivity index (χ0) is 22.0. The van der Waals surface area contributed by atoms with Crippen molar-refractivity contribution in [3.05, 3.63) is 94.8 Å². The van der Waals surface area contributed by atoms with Gasteiger partial charge in [0.1, 0.15) is 18.5 Å². The van der Waals surface area contributed by atoms with Crippen LogP contribution >= 0.6 is 0 Å². The molecule has 2 N–H and O–H groups in total. The maximum atomic E-state index is 13.6. The highest BCUT2D eigenvalue weighted by Crippen LogP contribution is 2.44. The number of aliphatic carboxylic acids is 1. The van der Waals surface area contributed by atoms with Gasteiger partial charge < -0.3 is 15.2 Å². The lowest BCUT2D eigenvalue weighted by molar-refractivity contribution is -0.139. The predicted octanol–water partition coefficient (Wildman–Crippen LogP) is 4.67. The van der Waals surface area contributed by atoms with E-state index in [1.807, 2.05) is 48.5 Å². The fourth-order valence-electron chi connectivity index (χ4n) is 4.15. The van der Waals surface area contributed by atoms with Gasteiger partial charge in [0.25, 0.3) is 0 Å². The molecular formula is C25H22FNO4. The predicted molar refractivity (Wildman–Crippen MR) is 114 cm³/mol. The fraction of sp³-hybridized carbons (Fsp3) is 0.200. The Kier molecular flexibility index (Phi) is 5.71. The monoisotopic (exact) mass is 419 g/mol. The van der Waals surface area contributed by atoms with Crippen molar-refractivity contribution in [1.82, 2.24) is 5.32 Å². The molecule has 0 radical (unpaired) electrons. The number of hydrogen-bond acceptors (Lipinski definition) is 3. The van der Waals surface area contributed by atoms with Gasteiger partial charge in [-0.15, -0.1) is 0 Å². The summed E-state index contributed by atoms with van der Waals surface area (Å²) in [5.74, 6) is -1.78. The number of carboxylic acid groups (broad SMARTS) is 1. The van der Waals surface area contributed by atoms with Crippen molar-refractivity contribution < 1.29 is 23.8 Å². The van der Waals surface area contributed by atoms with E-state index in [0.29, 0.717) is 11.1 Å². The number of carboxylic acids is 1. The number of hydrogen-bond donors (Lipinski definition) is 2. The summed E-state index contributed by atoms with van der Waals surface area (Å²) < 4.78 is 19.0. The number of halogens is 1. The number of carbonyl (C=O) groups excluding carboxylic acids is 1. The molecule has 1 aliphatic rings. The van der Waals surface area contributed by atoms with Gasteiger partial charge in [0.2, 0.25) is 0 Å². The minimum atomic E-state index is -1.23. The molecule has 158 valence electrons. The fourth-order valence-corrected chi connectivity index (χ4v) is 4.15. The number of benzene rings is 3. The Morgan fingerprint density at radius 1 is 1.03 bits per heavy atom.